The summed E-state index contributed by atoms with van der Waals surface area (Å²) in [6.45, 7) is 0. The Bertz CT molecular complexity index is 779. The molecule has 0 fully saturated rings. The minimum Gasteiger partial charge on any atom is -0.513 e. The Morgan fingerprint density at radius 2 is 2.13 bits per heavy atom. The van der Waals surface area contributed by atoms with E-state index in [0.717, 1.165) is 9.35 Å². The highest BCUT2D eigenvalue weighted by molar-refractivity contribution is 9.11. The molecule has 0 saturated carbocycles. The van der Waals surface area contributed by atoms with Gasteiger partial charge in [0.2, 0.25) is 0 Å². The normalized spacial score (nSPS) is 11.4. The van der Waals surface area contributed by atoms with E-state index in [-0.39, 0.29) is 5.70 Å². The monoisotopic (exact) mass is 436 g/mol. The average Bonchev–Trinajstić information content (AvgIpc) is 2.92. The van der Waals surface area contributed by atoms with Crippen LogP contribution >= 0.6 is 50.5 Å². The van der Waals surface area contributed by atoms with Gasteiger partial charge in [0.1, 0.15) is 6.26 Å². The molecule has 122 valence electrons. The first-order valence-electron chi connectivity index (χ1n) is 6.17. The smallest absolute Gasteiger partial charge is 0.357 e. The highest BCUT2D eigenvalue weighted by Gasteiger charge is 2.21. The second-order valence-corrected chi connectivity index (χ2v) is 7.42. The zero-order valence-electron chi connectivity index (χ0n) is 12.0. The van der Waals surface area contributed by atoms with E-state index in [4.69, 9.17) is 23.2 Å². The Labute approximate surface area is 155 Å². The standard InChI is InChI=1S/C14H11BrCl2N2O3S/c1-19(10(6-20)13(21)22-2)14-18-11(12(15)23-14)7-3-4-8(16)9(17)5-7/h3-6,20H,1-2H3. The van der Waals surface area contributed by atoms with Crippen LogP contribution in [-0.2, 0) is 9.53 Å². The summed E-state index contributed by atoms with van der Waals surface area (Å²) in [4.78, 5) is 17.5. The Balaban J connectivity index is 2.41. The lowest BCUT2D eigenvalue weighted by molar-refractivity contribution is -0.136. The summed E-state index contributed by atoms with van der Waals surface area (Å²) in [6, 6.07) is 5.18. The fourth-order valence-corrected chi connectivity index (χ4v) is 3.58. The third kappa shape index (κ3) is 3.80. The highest BCUT2D eigenvalue weighted by Crippen LogP contribution is 2.39. The van der Waals surface area contributed by atoms with Gasteiger partial charge in [-0.15, -0.1) is 0 Å². The van der Waals surface area contributed by atoms with Crippen LogP contribution in [0.2, 0.25) is 10.0 Å². The number of methoxy groups -OCH3 is 1. The third-order valence-electron chi connectivity index (χ3n) is 2.93. The van der Waals surface area contributed by atoms with Gasteiger partial charge >= 0.3 is 5.97 Å². The molecule has 2 aromatic rings. The van der Waals surface area contributed by atoms with Crippen molar-refractivity contribution in [3.05, 3.63) is 44.0 Å². The average molecular weight is 438 g/mol. The lowest BCUT2D eigenvalue weighted by Crippen LogP contribution is -2.24. The number of thiazole rings is 1. The number of nitrogens with zero attached hydrogens (tertiary/aromatic N) is 2. The summed E-state index contributed by atoms with van der Waals surface area (Å²) in [6.07, 6.45) is 0.681. The highest BCUT2D eigenvalue weighted by atomic mass is 79.9. The lowest BCUT2D eigenvalue weighted by Gasteiger charge is -2.16. The van der Waals surface area contributed by atoms with Crippen molar-refractivity contribution in [1.82, 2.24) is 4.98 Å². The minimum atomic E-state index is -0.669. The van der Waals surface area contributed by atoms with Crippen molar-refractivity contribution >= 4 is 61.6 Å². The van der Waals surface area contributed by atoms with Crippen molar-refractivity contribution in [3.63, 3.8) is 0 Å². The number of halogens is 3. The zero-order valence-corrected chi connectivity index (χ0v) is 15.9. The van der Waals surface area contributed by atoms with E-state index in [0.29, 0.717) is 27.1 Å². The van der Waals surface area contributed by atoms with Crippen molar-refractivity contribution in [2.45, 2.75) is 0 Å². The van der Waals surface area contributed by atoms with Gasteiger partial charge in [0, 0.05) is 12.6 Å². The predicted molar refractivity (Wildman–Crippen MR) is 96.4 cm³/mol. The number of carbonyl (C=O) groups excluding carboxylic acids is 1. The van der Waals surface area contributed by atoms with Crippen molar-refractivity contribution in [3.8, 4) is 11.3 Å². The number of rotatable bonds is 4. The Kier molecular flexibility index (Phi) is 5.91. The SMILES string of the molecule is COC(=O)C(=CO)N(C)c1nc(-c2ccc(Cl)c(Cl)c2)c(Br)s1. The van der Waals surface area contributed by atoms with Crippen LogP contribution in [0.1, 0.15) is 0 Å². The van der Waals surface area contributed by atoms with Crippen LogP contribution in [0.3, 0.4) is 0 Å². The number of aliphatic hydroxyl groups is 1. The van der Waals surface area contributed by atoms with Gasteiger partial charge in [-0.3, -0.25) is 0 Å². The fourth-order valence-electron chi connectivity index (χ4n) is 1.74. The second kappa shape index (κ2) is 7.53. The summed E-state index contributed by atoms with van der Waals surface area (Å²) in [5, 5.41) is 10.6. The van der Waals surface area contributed by atoms with Gasteiger partial charge < -0.3 is 14.7 Å². The molecule has 1 aromatic heterocycles. The van der Waals surface area contributed by atoms with Crippen molar-refractivity contribution in [1.29, 1.82) is 0 Å². The van der Waals surface area contributed by atoms with Crippen LogP contribution in [0.4, 0.5) is 5.13 Å². The van der Waals surface area contributed by atoms with E-state index in [1.807, 2.05) is 0 Å². The molecule has 1 heterocycles. The molecule has 9 heteroatoms. The molecule has 0 saturated heterocycles. The first kappa shape index (κ1) is 18.1. The number of hydrogen-bond acceptors (Lipinski definition) is 6. The molecule has 23 heavy (non-hydrogen) atoms. The minimum absolute atomic E-state index is 0.0329. The summed E-state index contributed by atoms with van der Waals surface area (Å²) >= 11 is 16.7. The molecule has 1 N–H and O–H groups in total. The molecule has 0 radical (unpaired) electrons. The van der Waals surface area contributed by atoms with E-state index >= 15 is 0 Å². The van der Waals surface area contributed by atoms with Gasteiger partial charge in [-0.05, 0) is 28.1 Å². The molecule has 0 aliphatic carbocycles. The van der Waals surface area contributed by atoms with Crippen LogP contribution < -0.4 is 4.90 Å². The Morgan fingerprint density at radius 1 is 1.43 bits per heavy atom. The molecule has 0 aliphatic rings. The molecule has 0 unspecified atom stereocenters. The first-order chi connectivity index (χ1) is 10.9. The van der Waals surface area contributed by atoms with Crippen LogP contribution in [0.5, 0.6) is 0 Å². The van der Waals surface area contributed by atoms with E-state index in [9.17, 15) is 9.90 Å². The predicted octanol–water partition coefficient (Wildman–Crippen LogP) is 4.89. The maximum atomic E-state index is 11.6. The number of benzene rings is 1. The quantitative estimate of drug-likeness (QED) is 0.419. The van der Waals surface area contributed by atoms with Crippen molar-refractivity contribution in [2.75, 3.05) is 19.1 Å². The Morgan fingerprint density at radius 3 is 2.70 bits per heavy atom. The summed E-state index contributed by atoms with van der Waals surface area (Å²) in [5.74, 6) is -0.669. The summed E-state index contributed by atoms with van der Waals surface area (Å²) in [5.41, 5.74) is 1.39. The van der Waals surface area contributed by atoms with E-state index in [1.165, 1.54) is 23.3 Å². The maximum absolute atomic E-state index is 11.6. The number of aromatic nitrogens is 1. The molecule has 0 bridgehead atoms. The van der Waals surface area contributed by atoms with E-state index in [2.05, 4.69) is 25.7 Å². The molecule has 0 amide bonds. The number of anilines is 1. The molecule has 2 rings (SSSR count). The van der Waals surface area contributed by atoms with Crippen molar-refractivity contribution in [2.24, 2.45) is 0 Å². The van der Waals surface area contributed by atoms with Gasteiger partial charge in [0.25, 0.3) is 0 Å². The van der Waals surface area contributed by atoms with Gasteiger partial charge in [-0.2, -0.15) is 0 Å². The maximum Gasteiger partial charge on any atom is 0.357 e. The van der Waals surface area contributed by atoms with E-state index < -0.39 is 5.97 Å². The van der Waals surface area contributed by atoms with Crippen LogP contribution in [0, 0.1) is 0 Å². The number of carbonyl (C=O) groups is 1. The van der Waals surface area contributed by atoms with E-state index in [1.54, 1.807) is 25.2 Å². The van der Waals surface area contributed by atoms with Crippen LogP contribution in [-0.4, -0.2) is 30.2 Å². The number of aliphatic hydroxyl groups excluding tert-OH is 1. The molecule has 0 spiro atoms. The molecular weight excluding hydrogens is 427 g/mol. The summed E-state index contributed by atoms with van der Waals surface area (Å²) in [7, 11) is 2.83. The number of esters is 1. The third-order valence-corrected chi connectivity index (χ3v) is 5.45. The lowest BCUT2D eigenvalue weighted by atomic mass is 10.2. The first-order valence-corrected chi connectivity index (χ1v) is 8.53. The van der Waals surface area contributed by atoms with Crippen LogP contribution in [0.25, 0.3) is 11.3 Å². The molecular formula is C14H11BrCl2N2O3S. The van der Waals surface area contributed by atoms with Crippen LogP contribution in [0.15, 0.2) is 33.9 Å². The zero-order chi connectivity index (χ0) is 17.1. The number of ether oxygens (including phenoxy) is 1. The summed E-state index contributed by atoms with van der Waals surface area (Å²) < 4.78 is 5.37. The Hall–Kier alpha value is -1.28. The molecule has 5 nitrogen and oxygen atoms in total. The largest absolute Gasteiger partial charge is 0.513 e. The topological polar surface area (TPSA) is 62.7 Å². The molecule has 0 aliphatic heterocycles. The van der Waals surface area contributed by atoms with Crippen molar-refractivity contribution < 1.29 is 14.6 Å². The second-order valence-electron chi connectivity index (χ2n) is 4.31. The molecule has 1 aromatic carbocycles. The van der Waals surface area contributed by atoms with Gasteiger partial charge in [-0.25, -0.2) is 9.78 Å². The number of likely N-dealkylation sites (N-methyl/N-ethyl adjacent to an activating group) is 1. The number of hydrogen-bond donors (Lipinski definition) is 1. The fraction of sp³-hybridized carbons (Fsp3) is 0.143. The van der Waals surface area contributed by atoms with Gasteiger partial charge in [0.15, 0.2) is 10.8 Å². The van der Waals surface area contributed by atoms with Gasteiger partial charge in [0.05, 0.1) is 26.6 Å². The van der Waals surface area contributed by atoms with Gasteiger partial charge in [-0.1, -0.05) is 40.6 Å². The molecule has 0 atom stereocenters.